The molecule has 5 nitrogen and oxygen atoms in total. The molecule has 3 rings (SSSR count). The van der Waals surface area contributed by atoms with Crippen LogP contribution >= 0.6 is 23.4 Å². The number of nitrogens with zero attached hydrogens (tertiary/aromatic N) is 1. The third-order valence-electron chi connectivity index (χ3n) is 5.57. The van der Waals surface area contributed by atoms with Crippen molar-refractivity contribution < 1.29 is 14.3 Å². The van der Waals surface area contributed by atoms with E-state index in [1.165, 1.54) is 11.8 Å². The lowest BCUT2D eigenvalue weighted by atomic mass is 10.0. The second-order valence-electron chi connectivity index (χ2n) is 8.05. The van der Waals surface area contributed by atoms with Gasteiger partial charge in [0.2, 0.25) is 11.8 Å². The minimum absolute atomic E-state index is 0.101. The van der Waals surface area contributed by atoms with Crippen LogP contribution in [0.3, 0.4) is 0 Å². The highest BCUT2D eigenvalue weighted by atomic mass is 35.5. The van der Waals surface area contributed by atoms with Crippen LogP contribution in [-0.2, 0) is 28.3 Å². The Hall–Kier alpha value is -2.96. The molecule has 3 aromatic rings. The van der Waals surface area contributed by atoms with Crippen LogP contribution in [0.15, 0.2) is 78.9 Å². The lowest BCUT2D eigenvalue weighted by Gasteiger charge is -2.31. The number of likely N-dealkylation sites (N-methyl/N-ethyl adjacent to an activating group) is 1. The molecule has 0 spiro atoms. The molecule has 0 unspecified atom stereocenters. The molecule has 35 heavy (non-hydrogen) atoms. The van der Waals surface area contributed by atoms with Crippen LogP contribution in [0.1, 0.15) is 23.6 Å². The van der Waals surface area contributed by atoms with Crippen LogP contribution in [0.5, 0.6) is 5.75 Å². The van der Waals surface area contributed by atoms with Gasteiger partial charge in [-0.1, -0.05) is 72.3 Å². The summed E-state index contributed by atoms with van der Waals surface area (Å²) >= 11 is 7.96. The number of carbonyl (C=O) groups is 2. The summed E-state index contributed by atoms with van der Waals surface area (Å²) in [6.07, 6.45) is 0.423. The largest absolute Gasteiger partial charge is 0.497 e. The van der Waals surface area contributed by atoms with Crippen molar-refractivity contribution in [3.8, 4) is 5.75 Å². The number of thioether (sulfide) groups is 1. The number of rotatable bonds is 12. The van der Waals surface area contributed by atoms with E-state index in [1.54, 1.807) is 18.1 Å². The zero-order valence-electron chi connectivity index (χ0n) is 20.1. The summed E-state index contributed by atoms with van der Waals surface area (Å²) in [5, 5.41) is 3.48. The van der Waals surface area contributed by atoms with E-state index < -0.39 is 6.04 Å². The Kier molecular flexibility index (Phi) is 10.5. The van der Waals surface area contributed by atoms with E-state index in [0.29, 0.717) is 23.7 Å². The maximum absolute atomic E-state index is 13.6. The van der Waals surface area contributed by atoms with E-state index in [2.05, 4.69) is 5.32 Å². The summed E-state index contributed by atoms with van der Waals surface area (Å²) in [7, 11) is 1.64. The number of amides is 2. The van der Waals surface area contributed by atoms with E-state index in [4.69, 9.17) is 16.3 Å². The first-order valence-electron chi connectivity index (χ1n) is 11.6. The van der Waals surface area contributed by atoms with Crippen molar-refractivity contribution in [2.24, 2.45) is 0 Å². The van der Waals surface area contributed by atoms with E-state index in [-0.39, 0.29) is 24.1 Å². The predicted octanol–water partition coefficient (Wildman–Crippen LogP) is 5.36. The molecule has 0 saturated heterocycles. The van der Waals surface area contributed by atoms with Gasteiger partial charge in [0, 0.05) is 30.3 Å². The number of halogens is 1. The fourth-order valence-corrected chi connectivity index (χ4v) is 4.78. The summed E-state index contributed by atoms with van der Waals surface area (Å²) in [6.45, 7) is 2.63. The zero-order chi connectivity index (χ0) is 25.0. The van der Waals surface area contributed by atoms with Crippen molar-refractivity contribution >= 4 is 35.2 Å². The molecular formula is C28H31ClN2O3S. The van der Waals surface area contributed by atoms with Gasteiger partial charge in [-0.3, -0.25) is 9.59 Å². The minimum Gasteiger partial charge on any atom is -0.497 e. The van der Waals surface area contributed by atoms with Gasteiger partial charge >= 0.3 is 0 Å². The van der Waals surface area contributed by atoms with Crippen LogP contribution in [0, 0.1) is 0 Å². The Morgan fingerprint density at radius 2 is 1.66 bits per heavy atom. The van der Waals surface area contributed by atoms with Gasteiger partial charge in [0.25, 0.3) is 0 Å². The van der Waals surface area contributed by atoms with Crippen molar-refractivity contribution in [2.45, 2.75) is 31.7 Å². The van der Waals surface area contributed by atoms with Crippen LogP contribution in [-0.4, -0.2) is 42.2 Å². The van der Waals surface area contributed by atoms with E-state index in [1.807, 2.05) is 79.7 Å². The van der Waals surface area contributed by atoms with Crippen LogP contribution in [0.4, 0.5) is 0 Å². The van der Waals surface area contributed by atoms with Crippen LogP contribution < -0.4 is 10.1 Å². The topological polar surface area (TPSA) is 58.6 Å². The maximum Gasteiger partial charge on any atom is 0.243 e. The predicted molar refractivity (Wildman–Crippen MR) is 144 cm³/mol. The quantitative estimate of drug-likeness (QED) is 0.356. The average molecular weight is 511 g/mol. The highest BCUT2D eigenvalue weighted by molar-refractivity contribution is 7.99. The second kappa shape index (κ2) is 13.8. The monoisotopic (exact) mass is 510 g/mol. The molecule has 0 bridgehead atoms. The number of nitrogens with one attached hydrogen (secondary N) is 1. The van der Waals surface area contributed by atoms with Gasteiger partial charge in [0.15, 0.2) is 0 Å². The zero-order valence-corrected chi connectivity index (χ0v) is 21.6. The first kappa shape index (κ1) is 26.6. The van der Waals surface area contributed by atoms with Gasteiger partial charge in [-0.05, 0) is 41.8 Å². The molecular weight excluding hydrogens is 480 g/mol. The molecule has 2 amide bonds. The molecule has 0 aliphatic carbocycles. The third kappa shape index (κ3) is 8.05. The molecule has 0 fully saturated rings. The first-order chi connectivity index (χ1) is 17.0. The smallest absolute Gasteiger partial charge is 0.243 e. The molecule has 7 heteroatoms. The maximum atomic E-state index is 13.6. The normalized spacial score (nSPS) is 11.5. The van der Waals surface area contributed by atoms with Crippen molar-refractivity contribution in [2.75, 3.05) is 19.4 Å². The number of benzene rings is 3. The lowest BCUT2D eigenvalue weighted by molar-refractivity contribution is -0.139. The van der Waals surface area contributed by atoms with Crippen molar-refractivity contribution in [1.82, 2.24) is 10.2 Å². The molecule has 184 valence electrons. The summed E-state index contributed by atoms with van der Waals surface area (Å²) < 4.78 is 5.21. The van der Waals surface area contributed by atoms with Crippen LogP contribution in [0.25, 0.3) is 0 Å². The van der Waals surface area contributed by atoms with E-state index >= 15 is 0 Å². The highest BCUT2D eigenvalue weighted by Crippen LogP contribution is 2.22. The number of hydrogen-bond donors (Lipinski definition) is 1. The summed E-state index contributed by atoms with van der Waals surface area (Å²) in [5.41, 5.74) is 2.91. The summed E-state index contributed by atoms with van der Waals surface area (Å²) in [4.78, 5) is 28.4. The summed E-state index contributed by atoms with van der Waals surface area (Å²) in [5.74, 6) is 1.46. The van der Waals surface area contributed by atoms with Crippen molar-refractivity contribution in [3.63, 3.8) is 0 Å². The molecule has 3 aromatic carbocycles. The van der Waals surface area contributed by atoms with Gasteiger partial charge < -0.3 is 15.0 Å². The van der Waals surface area contributed by atoms with Gasteiger partial charge in [0.05, 0.1) is 12.9 Å². The molecule has 0 heterocycles. The molecule has 1 N–H and O–H groups in total. The molecule has 0 aromatic heterocycles. The standard InChI is InChI=1S/C28H31ClN2O3S/c1-3-30-28(33)26(17-21-9-5-4-6-10-21)31(18-23-11-7-8-12-25(23)29)27(32)20-35-19-22-13-15-24(34-2)16-14-22/h4-16,26H,3,17-20H2,1-2H3,(H,30,33)/t26-/m1/s1. The van der Waals surface area contributed by atoms with E-state index in [9.17, 15) is 9.59 Å². The molecule has 0 aliphatic heterocycles. The van der Waals surface area contributed by atoms with Gasteiger partial charge in [-0.25, -0.2) is 0 Å². The Morgan fingerprint density at radius 3 is 2.31 bits per heavy atom. The Bertz CT molecular complexity index is 1090. The Balaban J connectivity index is 1.81. The fourth-order valence-electron chi connectivity index (χ4n) is 3.72. The van der Waals surface area contributed by atoms with Crippen molar-refractivity contribution in [1.29, 1.82) is 0 Å². The second-order valence-corrected chi connectivity index (χ2v) is 9.45. The Labute approximate surface area is 216 Å². The van der Waals surface area contributed by atoms with Gasteiger partial charge in [-0.15, -0.1) is 11.8 Å². The summed E-state index contributed by atoms with van der Waals surface area (Å²) in [6, 6.07) is 24.4. The van der Waals surface area contributed by atoms with Crippen LogP contribution in [0.2, 0.25) is 5.02 Å². The van der Waals surface area contributed by atoms with E-state index in [0.717, 1.165) is 22.4 Å². The molecule has 0 radical (unpaired) electrons. The van der Waals surface area contributed by atoms with Gasteiger partial charge in [-0.2, -0.15) is 0 Å². The average Bonchev–Trinajstić information content (AvgIpc) is 2.88. The lowest BCUT2D eigenvalue weighted by Crippen LogP contribution is -2.51. The van der Waals surface area contributed by atoms with Crippen molar-refractivity contribution in [3.05, 3.63) is 101 Å². The number of carbonyl (C=O) groups excluding carboxylic acids is 2. The molecule has 1 atom stereocenters. The SMILES string of the molecule is CCNC(=O)[C@@H](Cc1ccccc1)N(Cc1ccccc1Cl)C(=O)CSCc1ccc(OC)cc1. The third-order valence-corrected chi connectivity index (χ3v) is 6.93. The van der Waals surface area contributed by atoms with Gasteiger partial charge in [0.1, 0.15) is 11.8 Å². The number of methoxy groups -OCH3 is 1. The number of hydrogen-bond acceptors (Lipinski definition) is 4. The molecule has 0 aliphatic rings. The fraction of sp³-hybridized carbons (Fsp3) is 0.286. The Morgan fingerprint density at radius 1 is 0.971 bits per heavy atom. The molecule has 0 saturated carbocycles. The highest BCUT2D eigenvalue weighted by Gasteiger charge is 2.30. The number of ether oxygens (including phenoxy) is 1. The first-order valence-corrected chi connectivity index (χ1v) is 13.1. The minimum atomic E-state index is -0.650.